The fraction of sp³-hybridized carbons (Fsp3) is 0. The quantitative estimate of drug-likeness (QED) is 0.115. The summed E-state index contributed by atoms with van der Waals surface area (Å²) in [6.45, 7) is 0. The molecule has 12 nitrogen and oxygen atoms in total. The standard InChI is InChI=1S/C35H22N2O10S2.2Li/c38-33(19-6-2-1-3-7-19)31-28-24-8-4-5-9-25(24)34(39)29-26(36-20-10-14-22(15-11-20)48(41,42)43)18-27(32(30(28)29)37-35(31)40)47-21-12-16-23(17-13-21)49(44,45)46;;/h1-18,36H,(H,37,40)(H,41,42,43)(H,44,45,46);;/q;2*+1/p-2. The molecule has 1 heterocycles. The van der Waals surface area contributed by atoms with Crippen molar-refractivity contribution in [3.63, 3.8) is 0 Å². The molecule has 0 aliphatic heterocycles. The molecule has 2 N–H and O–H groups in total. The number of pyridine rings is 1. The van der Waals surface area contributed by atoms with E-state index in [0.717, 1.165) is 24.3 Å². The molecule has 51 heavy (non-hydrogen) atoms. The number of benzene rings is 5. The number of carbonyl (C=O) groups excluding carboxylic acids is 2. The van der Waals surface area contributed by atoms with Crippen LogP contribution in [0.5, 0.6) is 11.5 Å². The summed E-state index contributed by atoms with van der Waals surface area (Å²) in [6.07, 6.45) is 0. The molecule has 0 radical (unpaired) electrons. The number of aromatic nitrogens is 1. The molecule has 0 atom stereocenters. The first-order valence-electron chi connectivity index (χ1n) is 14.4. The molecule has 0 amide bonds. The predicted octanol–water partition coefficient (Wildman–Crippen LogP) is -0.677. The Labute approximate surface area is 314 Å². The zero-order valence-corrected chi connectivity index (χ0v) is 28.4. The average Bonchev–Trinajstić information content (AvgIpc) is 3.07. The molecule has 0 bridgehead atoms. The minimum atomic E-state index is -4.75. The van der Waals surface area contributed by atoms with E-state index in [1.54, 1.807) is 54.6 Å². The largest absolute Gasteiger partial charge is 1.00 e. The van der Waals surface area contributed by atoms with Crippen LogP contribution in [0, 0.1) is 0 Å². The summed E-state index contributed by atoms with van der Waals surface area (Å²) in [6, 6.07) is 25.4. The van der Waals surface area contributed by atoms with Gasteiger partial charge < -0.3 is 24.1 Å². The van der Waals surface area contributed by atoms with Crippen LogP contribution in [-0.4, -0.2) is 42.5 Å². The van der Waals surface area contributed by atoms with E-state index in [2.05, 4.69) is 10.3 Å². The maximum absolute atomic E-state index is 14.3. The molecule has 244 valence electrons. The Balaban J connectivity index is 0.00000252. The van der Waals surface area contributed by atoms with E-state index in [1.807, 2.05) is 0 Å². The van der Waals surface area contributed by atoms with Gasteiger partial charge in [0.15, 0.2) is 17.3 Å². The number of nitrogens with one attached hydrogen (secondary N) is 2. The number of hydrogen-bond donors (Lipinski definition) is 2. The summed E-state index contributed by atoms with van der Waals surface area (Å²) in [5.74, 6) is -1.02. The van der Waals surface area contributed by atoms with Gasteiger partial charge in [0.2, 0.25) is 0 Å². The molecule has 0 saturated carbocycles. The van der Waals surface area contributed by atoms with Gasteiger partial charge in [-0.25, -0.2) is 16.8 Å². The van der Waals surface area contributed by atoms with Crippen molar-refractivity contribution in [3.8, 4) is 22.6 Å². The van der Waals surface area contributed by atoms with Crippen molar-refractivity contribution in [3.05, 3.63) is 142 Å². The molecule has 5 aromatic carbocycles. The van der Waals surface area contributed by atoms with Crippen LogP contribution < -0.4 is 53.3 Å². The number of ketones is 2. The number of aromatic amines is 1. The Hall–Kier alpha value is -4.74. The Morgan fingerprint density at radius 2 is 1.24 bits per heavy atom. The molecule has 1 aliphatic rings. The predicted molar refractivity (Wildman–Crippen MR) is 175 cm³/mol. The zero-order chi connectivity index (χ0) is 34.7. The third-order valence-corrected chi connectivity index (χ3v) is 9.65. The molecule has 1 aromatic heterocycles. The second kappa shape index (κ2) is 14.1. The van der Waals surface area contributed by atoms with Gasteiger partial charge in [0, 0.05) is 33.8 Å². The summed E-state index contributed by atoms with van der Waals surface area (Å²) in [4.78, 5) is 43.9. The van der Waals surface area contributed by atoms with Crippen LogP contribution in [0.1, 0.15) is 31.8 Å². The van der Waals surface area contributed by atoms with Gasteiger partial charge in [0.05, 0.1) is 32.1 Å². The fourth-order valence-electron chi connectivity index (χ4n) is 5.78. The van der Waals surface area contributed by atoms with Gasteiger partial charge >= 0.3 is 37.7 Å². The van der Waals surface area contributed by atoms with Crippen molar-refractivity contribution >= 4 is 54.1 Å². The van der Waals surface area contributed by atoms with E-state index >= 15 is 0 Å². The Morgan fingerprint density at radius 3 is 1.82 bits per heavy atom. The Morgan fingerprint density at radius 1 is 0.686 bits per heavy atom. The van der Waals surface area contributed by atoms with Gasteiger partial charge in [-0.2, -0.15) is 0 Å². The van der Waals surface area contributed by atoms with Crippen molar-refractivity contribution in [1.29, 1.82) is 0 Å². The molecule has 0 spiro atoms. The maximum atomic E-state index is 14.3. The molecule has 16 heteroatoms. The van der Waals surface area contributed by atoms with Crippen LogP contribution >= 0.6 is 0 Å². The monoisotopic (exact) mass is 706 g/mol. The molecule has 0 fully saturated rings. The van der Waals surface area contributed by atoms with Crippen LogP contribution in [0.2, 0.25) is 0 Å². The maximum Gasteiger partial charge on any atom is 1.00 e. The van der Waals surface area contributed by atoms with Gasteiger partial charge in [-0.1, -0.05) is 54.6 Å². The fourth-order valence-corrected chi connectivity index (χ4v) is 6.72. The molecule has 1 aliphatic carbocycles. The smallest absolute Gasteiger partial charge is 0.744 e. The third kappa shape index (κ3) is 6.97. The number of anilines is 2. The minimum absolute atomic E-state index is 0. The topological polar surface area (TPSA) is 203 Å². The molecular formula is C35H20Li2N2O10S2. The molecular weight excluding hydrogens is 686 g/mol. The molecule has 0 unspecified atom stereocenters. The van der Waals surface area contributed by atoms with Gasteiger partial charge in [0.25, 0.3) is 5.56 Å². The first-order chi connectivity index (χ1) is 23.3. The van der Waals surface area contributed by atoms with Crippen LogP contribution in [0.25, 0.3) is 22.0 Å². The minimum Gasteiger partial charge on any atom is -0.744 e. The van der Waals surface area contributed by atoms with Gasteiger partial charge in [-0.05, 0) is 54.1 Å². The normalized spacial score (nSPS) is 11.9. The zero-order valence-electron chi connectivity index (χ0n) is 26.8. The first-order valence-corrected chi connectivity index (χ1v) is 17.2. The third-order valence-electron chi connectivity index (χ3n) is 7.95. The average molecular weight is 707 g/mol. The second-order valence-corrected chi connectivity index (χ2v) is 13.7. The van der Waals surface area contributed by atoms with Crippen molar-refractivity contribution in [1.82, 2.24) is 4.98 Å². The summed E-state index contributed by atoms with van der Waals surface area (Å²) < 4.78 is 75.2. The molecule has 0 saturated heterocycles. The summed E-state index contributed by atoms with van der Waals surface area (Å²) in [5, 5.41) is 3.24. The van der Waals surface area contributed by atoms with Crippen LogP contribution in [0.4, 0.5) is 11.4 Å². The number of rotatable bonds is 8. The van der Waals surface area contributed by atoms with Crippen molar-refractivity contribution in [2.24, 2.45) is 0 Å². The Bertz CT molecular complexity index is 2650. The number of hydrogen-bond acceptors (Lipinski definition) is 11. The van der Waals surface area contributed by atoms with E-state index in [-0.39, 0.29) is 99.3 Å². The first kappa shape index (κ1) is 37.5. The number of ether oxygens (including phenoxy) is 1. The number of fused-ring (bicyclic) bond motifs is 2. The van der Waals surface area contributed by atoms with E-state index in [4.69, 9.17) is 4.74 Å². The van der Waals surface area contributed by atoms with Crippen molar-refractivity contribution < 1.29 is 78.0 Å². The van der Waals surface area contributed by atoms with Crippen LogP contribution in [0.15, 0.2) is 124 Å². The van der Waals surface area contributed by atoms with E-state index in [1.165, 1.54) is 30.3 Å². The van der Waals surface area contributed by atoms with E-state index in [0.29, 0.717) is 5.56 Å². The van der Waals surface area contributed by atoms with Crippen molar-refractivity contribution in [2.45, 2.75) is 9.79 Å². The van der Waals surface area contributed by atoms with Crippen LogP contribution in [0.3, 0.4) is 0 Å². The SMILES string of the molecule is O=C(c1ccccc1)c1c2c3c(c(Nc4ccc(S(=O)(=O)[O-])cc4)cc(Oc4ccc(S(=O)(=O)[O-])cc4)c3[nH]c1=O)C(=O)c1ccccc1-2.[Li+].[Li+]. The van der Waals surface area contributed by atoms with Crippen molar-refractivity contribution in [2.75, 3.05) is 5.32 Å². The summed E-state index contributed by atoms with van der Waals surface area (Å²) in [7, 11) is -9.49. The second-order valence-electron chi connectivity index (χ2n) is 11.0. The number of carbonyl (C=O) groups is 2. The summed E-state index contributed by atoms with van der Waals surface area (Å²) in [5.41, 5.74) is 0.457. The number of H-pyrrole nitrogens is 1. The van der Waals surface area contributed by atoms with E-state index < -0.39 is 47.2 Å². The van der Waals surface area contributed by atoms with Gasteiger partial charge in [-0.3, -0.25) is 14.4 Å². The van der Waals surface area contributed by atoms with E-state index in [9.17, 15) is 40.3 Å². The summed E-state index contributed by atoms with van der Waals surface area (Å²) >= 11 is 0. The molecule has 6 aromatic rings. The Kier molecular flexibility index (Phi) is 10.4. The van der Waals surface area contributed by atoms with Gasteiger partial charge in [0.1, 0.15) is 26.0 Å². The van der Waals surface area contributed by atoms with Gasteiger partial charge in [-0.15, -0.1) is 0 Å². The van der Waals surface area contributed by atoms with Crippen LogP contribution in [-0.2, 0) is 20.2 Å². The molecule has 7 rings (SSSR count).